The van der Waals surface area contributed by atoms with Crippen LogP contribution in [0.2, 0.25) is 10.0 Å². The van der Waals surface area contributed by atoms with Crippen LogP contribution in [0.3, 0.4) is 0 Å². The molecular formula is C30H26Cl2F3N3O5S. The van der Waals surface area contributed by atoms with E-state index < -0.39 is 36.0 Å². The minimum Gasteiger partial charge on any atom is -0.468 e. The number of methoxy groups -OCH3 is 1. The second kappa shape index (κ2) is 12.4. The number of hydrogen-bond acceptors (Lipinski definition) is 7. The first-order valence-corrected chi connectivity index (χ1v) is 15.1. The molecule has 0 saturated carbocycles. The molecule has 2 aromatic carbocycles. The topological polar surface area (TPSA) is 106 Å². The number of ether oxygens (including phenoxy) is 1. The van der Waals surface area contributed by atoms with Crippen LogP contribution in [0.5, 0.6) is 0 Å². The molecule has 0 saturated heterocycles. The van der Waals surface area contributed by atoms with Crippen molar-refractivity contribution in [1.29, 1.82) is 0 Å². The van der Waals surface area contributed by atoms with Crippen molar-refractivity contribution in [2.75, 3.05) is 19.0 Å². The van der Waals surface area contributed by atoms with Crippen molar-refractivity contribution in [2.45, 2.75) is 50.8 Å². The van der Waals surface area contributed by atoms with E-state index in [1.165, 1.54) is 36.6 Å². The van der Waals surface area contributed by atoms with Gasteiger partial charge in [0.05, 0.1) is 18.4 Å². The lowest BCUT2D eigenvalue weighted by Crippen LogP contribution is -2.42. The smallest absolute Gasteiger partial charge is 0.435 e. The van der Waals surface area contributed by atoms with Crippen molar-refractivity contribution in [3.63, 3.8) is 0 Å². The van der Waals surface area contributed by atoms with Gasteiger partial charge in [-0.25, -0.2) is 0 Å². The molecule has 2 amide bonds. The monoisotopic (exact) mass is 667 g/mol. The number of oxime groups is 1. The SMILES string of the molecule is COC(=O)CNC(=O)c1c(NC(=O)c2ccc(C3=NOC(c4cc(Cl)cc(Cl)c4)(C(F)(F)F)C3)cc2C)sc2c1CCCC2. The molecule has 0 fully saturated rings. The molecule has 3 aromatic rings. The number of fused-ring (bicyclic) bond motifs is 1. The van der Waals surface area contributed by atoms with Crippen molar-refractivity contribution >= 4 is 63.0 Å². The van der Waals surface area contributed by atoms with Gasteiger partial charge >= 0.3 is 12.1 Å². The van der Waals surface area contributed by atoms with Gasteiger partial charge in [0.15, 0.2) is 0 Å². The first-order chi connectivity index (χ1) is 20.8. The van der Waals surface area contributed by atoms with E-state index >= 15 is 0 Å². The van der Waals surface area contributed by atoms with Gasteiger partial charge in [0, 0.05) is 32.5 Å². The minimum absolute atomic E-state index is 0.0232. The van der Waals surface area contributed by atoms with Crippen LogP contribution >= 0.6 is 34.5 Å². The number of hydrogen-bond donors (Lipinski definition) is 2. The summed E-state index contributed by atoms with van der Waals surface area (Å²) in [5, 5.41) is 9.57. The van der Waals surface area contributed by atoms with Gasteiger partial charge in [-0.1, -0.05) is 34.4 Å². The van der Waals surface area contributed by atoms with Crippen LogP contribution in [0, 0.1) is 6.92 Å². The molecule has 1 unspecified atom stereocenters. The molecule has 14 heteroatoms. The summed E-state index contributed by atoms with van der Waals surface area (Å²) in [6, 6.07) is 8.14. The number of alkyl halides is 3. The maximum Gasteiger partial charge on any atom is 0.435 e. The number of esters is 1. The third-order valence-electron chi connectivity index (χ3n) is 7.57. The summed E-state index contributed by atoms with van der Waals surface area (Å²) in [7, 11) is 1.22. The lowest BCUT2D eigenvalue weighted by Gasteiger charge is -2.29. The summed E-state index contributed by atoms with van der Waals surface area (Å²) in [4.78, 5) is 44.1. The van der Waals surface area contributed by atoms with E-state index in [1.54, 1.807) is 13.0 Å². The van der Waals surface area contributed by atoms with E-state index in [4.69, 9.17) is 28.0 Å². The largest absolute Gasteiger partial charge is 0.468 e. The summed E-state index contributed by atoms with van der Waals surface area (Å²) >= 11 is 13.3. The minimum atomic E-state index is -4.85. The molecule has 1 atom stereocenters. The van der Waals surface area contributed by atoms with E-state index in [-0.39, 0.29) is 33.4 Å². The Morgan fingerprint density at radius 3 is 2.43 bits per heavy atom. The second-order valence-corrected chi connectivity index (χ2v) is 12.4. The number of benzene rings is 2. The number of carbonyl (C=O) groups is 3. The third-order valence-corrected chi connectivity index (χ3v) is 9.21. The maximum absolute atomic E-state index is 14.4. The van der Waals surface area contributed by atoms with Crippen LogP contribution in [-0.4, -0.2) is 43.3 Å². The Kier molecular flexibility index (Phi) is 8.97. The zero-order chi connectivity index (χ0) is 31.8. The Morgan fingerprint density at radius 2 is 1.77 bits per heavy atom. The van der Waals surface area contributed by atoms with Crippen LogP contribution in [0.4, 0.5) is 18.2 Å². The lowest BCUT2D eigenvalue weighted by atomic mass is 9.86. The number of carbonyl (C=O) groups excluding carboxylic acids is 3. The summed E-state index contributed by atoms with van der Waals surface area (Å²) < 4.78 is 47.8. The number of nitrogens with one attached hydrogen (secondary N) is 2. The molecule has 1 aromatic heterocycles. The maximum atomic E-state index is 14.4. The number of halogens is 5. The van der Waals surface area contributed by atoms with Crippen LogP contribution < -0.4 is 10.6 Å². The Bertz CT molecular complexity index is 1670. The number of amides is 2. The first-order valence-electron chi connectivity index (χ1n) is 13.5. The standard InChI is InChI=1S/C30H26Cl2F3N3O5S/c1-15-9-16(22-13-29(43-38-22,30(33,34)35)17-10-18(31)12-19(32)11-17)7-8-20(15)26(40)37-28-25(27(41)36-14-24(39)42-2)21-5-3-4-6-23(21)44-28/h7-12H,3-6,13-14H2,1-2H3,(H,36,41)(H,37,40). The molecule has 232 valence electrons. The van der Waals surface area contributed by atoms with Gasteiger partial charge in [0.2, 0.25) is 0 Å². The number of rotatable bonds is 7. The number of thiophene rings is 1. The predicted molar refractivity (Wildman–Crippen MR) is 161 cm³/mol. The Hall–Kier alpha value is -3.61. The Morgan fingerprint density at radius 1 is 1.07 bits per heavy atom. The molecule has 2 N–H and O–H groups in total. The zero-order valence-electron chi connectivity index (χ0n) is 23.5. The van der Waals surface area contributed by atoms with Crippen LogP contribution in [0.15, 0.2) is 41.6 Å². The summed E-state index contributed by atoms with van der Waals surface area (Å²) in [5.41, 5.74) is -0.807. The molecule has 0 spiro atoms. The third kappa shape index (κ3) is 6.15. The van der Waals surface area contributed by atoms with Gasteiger partial charge < -0.3 is 20.2 Å². The van der Waals surface area contributed by atoms with Gasteiger partial charge in [0.25, 0.3) is 17.4 Å². The van der Waals surface area contributed by atoms with Crippen molar-refractivity contribution in [2.24, 2.45) is 5.16 Å². The molecule has 44 heavy (non-hydrogen) atoms. The average Bonchev–Trinajstić information content (AvgIpc) is 3.58. The Labute approximate surface area is 264 Å². The fourth-order valence-corrected chi connectivity index (χ4v) is 7.13. The van der Waals surface area contributed by atoms with Gasteiger partial charge in [-0.2, -0.15) is 13.2 Å². The molecule has 0 bridgehead atoms. The van der Waals surface area contributed by atoms with Crippen LogP contribution in [0.25, 0.3) is 0 Å². The molecule has 0 radical (unpaired) electrons. The fraction of sp³-hybridized carbons (Fsp3) is 0.333. The highest BCUT2D eigenvalue weighted by atomic mass is 35.5. The zero-order valence-corrected chi connectivity index (χ0v) is 25.8. The first kappa shape index (κ1) is 31.8. The van der Waals surface area contributed by atoms with E-state index in [0.29, 0.717) is 28.1 Å². The summed E-state index contributed by atoms with van der Waals surface area (Å²) in [6.45, 7) is 1.33. The molecule has 2 heterocycles. The fourth-order valence-electron chi connectivity index (χ4n) is 5.32. The van der Waals surface area contributed by atoms with Crippen molar-refractivity contribution in [3.05, 3.63) is 84.7 Å². The number of aryl methyl sites for hydroxylation is 2. The molecular weight excluding hydrogens is 642 g/mol. The quantitative estimate of drug-likeness (QED) is 0.265. The molecule has 5 rings (SSSR count). The van der Waals surface area contributed by atoms with Crippen molar-refractivity contribution in [1.82, 2.24) is 5.32 Å². The number of anilines is 1. The van der Waals surface area contributed by atoms with E-state index in [1.807, 2.05) is 0 Å². The highest BCUT2D eigenvalue weighted by Crippen LogP contribution is 2.50. The van der Waals surface area contributed by atoms with Crippen molar-refractivity contribution < 1.29 is 37.1 Å². The van der Waals surface area contributed by atoms with Gasteiger partial charge in [0.1, 0.15) is 11.5 Å². The Balaban J connectivity index is 1.38. The highest BCUT2D eigenvalue weighted by Gasteiger charge is 2.62. The van der Waals surface area contributed by atoms with Gasteiger partial charge in [-0.05, 0) is 79.6 Å². The van der Waals surface area contributed by atoms with Gasteiger partial charge in [-0.15, -0.1) is 11.3 Å². The molecule has 1 aliphatic heterocycles. The summed E-state index contributed by atoms with van der Waals surface area (Å²) in [6.07, 6.45) is -2.20. The van der Waals surface area contributed by atoms with E-state index in [9.17, 15) is 27.6 Å². The van der Waals surface area contributed by atoms with Crippen LogP contribution in [-0.2, 0) is 32.8 Å². The lowest BCUT2D eigenvalue weighted by molar-refractivity contribution is -0.275. The molecule has 8 nitrogen and oxygen atoms in total. The normalized spacial score (nSPS) is 17.8. The molecule has 2 aliphatic rings. The highest BCUT2D eigenvalue weighted by molar-refractivity contribution is 7.17. The molecule has 1 aliphatic carbocycles. The van der Waals surface area contributed by atoms with E-state index in [0.717, 1.165) is 41.8 Å². The number of nitrogens with zero attached hydrogens (tertiary/aromatic N) is 1. The second-order valence-electron chi connectivity index (χ2n) is 10.4. The average molecular weight is 669 g/mol. The van der Waals surface area contributed by atoms with Crippen molar-refractivity contribution in [3.8, 4) is 0 Å². The predicted octanol–water partition coefficient (Wildman–Crippen LogP) is 6.98. The van der Waals surface area contributed by atoms with E-state index in [2.05, 4.69) is 20.5 Å². The van der Waals surface area contributed by atoms with Crippen LogP contribution in [0.1, 0.15) is 67.1 Å². The van der Waals surface area contributed by atoms with Gasteiger partial charge in [-0.3, -0.25) is 14.4 Å². The summed E-state index contributed by atoms with van der Waals surface area (Å²) in [5.74, 6) is -1.60.